The lowest BCUT2D eigenvalue weighted by Gasteiger charge is -2.21. The largest absolute Gasteiger partial charge is 0.496 e. The number of hydrogen-bond acceptors (Lipinski definition) is 5. The normalized spacial score (nSPS) is 12.3. The maximum absolute atomic E-state index is 12.8. The van der Waals surface area contributed by atoms with E-state index in [9.17, 15) is 18.0 Å². The summed E-state index contributed by atoms with van der Waals surface area (Å²) in [7, 11) is 3.32. The lowest BCUT2D eigenvalue weighted by atomic mass is 10.0. The van der Waals surface area contributed by atoms with Gasteiger partial charge < -0.3 is 19.4 Å². The molecule has 1 N–H and O–H groups in total. The molecule has 3 aromatic rings. The van der Waals surface area contributed by atoms with E-state index in [1.807, 2.05) is 18.2 Å². The third-order valence-electron chi connectivity index (χ3n) is 4.22. The van der Waals surface area contributed by atoms with Crippen molar-refractivity contribution in [3.63, 3.8) is 0 Å². The average Bonchev–Trinajstić information content (AvgIpc) is 3.15. The number of carbonyl (C=O) groups excluding carboxylic acids is 1. The number of imidazole rings is 1. The molecule has 0 spiro atoms. The second-order valence-electron chi connectivity index (χ2n) is 6.33. The highest BCUT2D eigenvalue weighted by Gasteiger charge is 2.29. The molecule has 0 radical (unpaired) electrons. The molecule has 2 heterocycles. The first-order valence-electron chi connectivity index (χ1n) is 8.85. The lowest BCUT2D eigenvalue weighted by molar-refractivity contribution is -0.154. The molecular formula is C20H19F3N4O3. The van der Waals surface area contributed by atoms with Gasteiger partial charge in [0.05, 0.1) is 12.7 Å². The summed E-state index contributed by atoms with van der Waals surface area (Å²) >= 11 is 0. The molecule has 1 atom stereocenters. The summed E-state index contributed by atoms with van der Waals surface area (Å²) < 4.78 is 48.5. The molecule has 7 nitrogen and oxygen atoms in total. The van der Waals surface area contributed by atoms with E-state index in [0.717, 1.165) is 6.20 Å². The second kappa shape index (κ2) is 8.85. The Balaban J connectivity index is 1.83. The summed E-state index contributed by atoms with van der Waals surface area (Å²) in [5.41, 5.74) is 0.851. The van der Waals surface area contributed by atoms with Crippen LogP contribution in [-0.2, 0) is 7.05 Å². The van der Waals surface area contributed by atoms with Gasteiger partial charge in [-0.3, -0.25) is 4.79 Å². The van der Waals surface area contributed by atoms with Gasteiger partial charge in [-0.25, -0.2) is 9.97 Å². The number of ether oxygens (including phenoxy) is 2. The van der Waals surface area contributed by atoms with Crippen LogP contribution in [0.4, 0.5) is 13.2 Å². The van der Waals surface area contributed by atoms with Gasteiger partial charge >= 0.3 is 6.18 Å². The average molecular weight is 420 g/mol. The first kappa shape index (κ1) is 21.2. The number of rotatable bonds is 7. The van der Waals surface area contributed by atoms with Gasteiger partial charge in [-0.2, -0.15) is 13.2 Å². The molecule has 0 fully saturated rings. The number of benzene rings is 1. The molecule has 3 rings (SSSR count). The zero-order valence-electron chi connectivity index (χ0n) is 16.2. The van der Waals surface area contributed by atoms with Crippen LogP contribution in [0.3, 0.4) is 0 Å². The van der Waals surface area contributed by atoms with Gasteiger partial charge in [-0.05, 0) is 12.1 Å². The van der Waals surface area contributed by atoms with Crippen molar-refractivity contribution in [1.29, 1.82) is 0 Å². The van der Waals surface area contributed by atoms with Crippen LogP contribution in [0.5, 0.6) is 11.6 Å². The van der Waals surface area contributed by atoms with Crippen molar-refractivity contribution < 1.29 is 27.4 Å². The minimum atomic E-state index is -4.47. The molecule has 10 heteroatoms. The number of aryl methyl sites for hydroxylation is 1. The molecule has 0 aliphatic carbocycles. The summed E-state index contributed by atoms with van der Waals surface area (Å²) in [6.07, 6.45) is 0.0387. The third-order valence-corrected chi connectivity index (χ3v) is 4.22. The van der Waals surface area contributed by atoms with E-state index in [4.69, 9.17) is 4.74 Å². The van der Waals surface area contributed by atoms with Crippen LogP contribution in [0.2, 0.25) is 0 Å². The SMILES string of the molecule is COc1ccccc1C(NC(=O)c1ccc(OCC(F)(F)F)nc1)c1nccn1C. The molecule has 0 saturated heterocycles. The molecule has 0 saturated carbocycles. The molecule has 30 heavy (non-hydrogen) atoms. The maximum Gasteiger partial charge on any atom is 0.422 e. The standard InChI is InChI=1S/C20H19F3N4O3/c1-27-10-9-24-18(27)17(14-5-3-4-6-15(14)29-2)26-19(28)13-7-8-16(25-11-13)30-12-20(21,22)23/h3-11,17H,12H2,1-2H3,(H,26,28). The summed E-state index contributed by atoms with van der Waals surface area (Å²) in [6.45, 7) is -1.46. The lowest BCUT2D eigenvalue weighted by Crippen LogP contribution is -2.31. The van der Waals surface area contributed by atoms with Crippen LogP contribution in [0.25, 0.3) is 0 Å². The number of para-hydroxylation sites is 1. The Morgan fingerprint density at radius 3 is 2.57 bits per heavy atom. The number of hydrogen-bond donors (Lipinski definition) is 1. The van der Waals surface area contributed by atoms with Crippen LogP contribution in [0.1, 0.15) is 27.8 Å². The van der Waals surface area contributed by atoms with Crippen molar-refractivity contribution in [2.24, 2.45) is 7.05 Å². The zero-order valence-corrected chi connectivity index (χ0v) is 16.2. The van der Waals surface area contributed by atoms with Crippen molar-refractivity contribution in [1.82, 2.24) is 19.9 Å². The quantitative estimate of drug-likeness (QED) is 0.635. The molecule has 1 aromatic carbocycles. The highest BCUT2D eigenvalue weighted by Crippen LogP contribution is 2.29. The summed E-state index contributed by atoms with van der Waals surface area (Å²) in [6, 6.07) is 9.12. The Morgan fingerprint density at radius 2 is 1.97 bits per heavy atom. The number of amides is 1. The molecule has 2 aromatic heterocycles. The number of nitrogens with zero attached hydrogens (tertiary/aromatic N) is 3. The van der Waals surface area contributed by atoms with E-state index >= 15 is 0 Å². The van der Waals surface area contributed by atoms with E-state index < -0.39 is 24.7 Å². The van der Waals surface area contributed by atoms with E-state index in [2.05, 4.69) is 20.0 Å². The number of nitrogens with one attached hydrogen (secondary N) is 1. The van der Waals surface area contributed by atoms with Crippen molar-refractivity contribution in [2.75, 3.05) is 13.7 Å². The zero-order chi connectivity index (χ0) is 21.7. The first-order chi connectivity index (χ1) is 14.3. The van der Waals surface area contributed by atoms with Gasteiger partial charge in [0, 0.05) is 37.3 Å². The summed E-state index contributed by atoms with van der Waals surface area (Å²) in [4.78, 5) is 20.9. The summed E-state index contributed by atoms with van der Waals surface area (Å²) in [5, 5.41) is 2.88. The molecular weight excluding hydrogens is 401 g/mol. The van der Waals surface area contributed by atoms with Crippen LogP contribution >= 0.6 is 0 Å². The van der Waals surface area contributed by atoms with E-state index in [1.54, 1.807) is 30.1 Å². The van der Waals surface area contributed by atoms with Crippen LogP contribution in [0, 0.1) is 0 Å². The predicted molar refractivity (Wildman–Crippen MR) is 101 cm³/mol. The van der Waals surface area contributed by atoms with Crippen molar-refractivity contribution in [3.8, 4) is 11.6 Å². The minimum absolute atomic E-state index is 0.156. The smallest absolute Gasteiger partial charge is 0.422 e. The fourth-order valence-corrected chi connectivity index (χ4v) is 2.81. The van der Waals surface area contributed by atoms with Crippen molar-refractivity contribution >= 4 is 5.91 Å². The van der Waals surface area contributed by atoms with Crippen LogP contribution in [-0.4, -0.2) is 40.3 Å². The number of pyridine rings is 1. The molecule has 1 amide bonds. The number of halogens is 3. The first-order valence-corrected chi connectivity index (χ1v) is 8.85. The molecule has 0 aliphatic heterocycles. The maximum atomic E-state index is 12.8. The molecule has 1 unspecified atom stereocenters. The van der Waals surface area contributed by atoms with Gasteiger partial charge in [-0.15, -0.1) is 0 Å². The fraction of sp³-hybridized carbons (Fsp3) is 0.250. The number of aromatic nitrogens is 3. The van der Waals surface area contributed by atoms with Gasteiger partial charge in [0.1, 0.15) is 17.6 Å². The summed E-state index contributed by atoms with van der Waals surface area (Å²) in [5.74, 6) is 0.434. The van der Waals surface area contributed by atoms with Crippen molar-refractivity contribution in [2.45, 2.75) is 12.2 Å². The van der Waals surface area contributed by atoms with Gasteiger partial charge in [0.25, 0.3) is 5.91 Å². The minimum Gasteiger partial charge on any atom is -0.496 e. The van der Waals surface area contributed by atoms with Crippen molar-refractivity contribution in [3.05, 3.63) is 71.9 Å². The van der Waals surface area contributed by atoms with Gasteiger partial charge in [0.2, 0.25) is 5.88 Å². The Hall–Kier alpha value is -3.56. The highest BCUT2D eigenvalue weighted by molar-refractivity contribution is 5.94. The Bertz CT molecular complexity index is 1000. The fourth-order valence-electron chi connectivity index (χ4n) is 2.81. The third kappa shape index (κ3) is 5.07. The molecule has 0 aliphatic rings. The monoisotopic (exact) mass is 420 g/mol. The Labute approximate surface area is 170 Å². The molecule has 158 valence electrons. The number of carbonyl (C=O) groups is 1. The van der Waals surface area contributed by atoms with E-state index in [1.165, 1.54) is 19.2 Å². The predicted octanol–water partition coefficient (Wildman–Crippen LogP) is 3.28. The molecule has 0 bridgehead atoms. The van der Waals surface area contributed by atoms with E-state index in [-0.39, 0.29) is 11.4 Å². The Morgan fingerprint density at radius 1 is 1.20 bits per heavy atom. The van der Waals surface area contributed by atoms with Gasteiger partial charge in [-0.1, -0.05) is 18.2 Å². The Kier molecular flexibility index (Phi) is 6.24. The highest BCUT2D eigenvalue weighted by atomic mass is 19.4. The topological polar surface area (TPSA) is 78.3 Å². The van der Waals surface area contributed by atoms with E-state index in [0.29, 0.717) is 17.1 Å². The second-order valence-corrected chi connectivity index (χ2v) is 6.33. The van der Waals surface area contributed by atoms with Crippen LogP contribution < -0.4 is 14.8 Å². The van der Waals surface area contributed by atoms with Crippen LogP contribution in [0.15, 0.2) is 55.0 Å². The number of alkyl halides is 3. The number of methoxy groups -OCH3 is 1. The van der Waals surface area contributed by atoms with Gasteiger partial charge in [0.15, 0.2) is 6.61 Å².